The number of nitrogens with one attached hydrogen (secondary N) is 1. The second-order valence-corrected chi connectivity index (χ2v) is 4.10. The maximum Gasteiger partial charge on any atom is 0.229 e. The third-order valence-corrected chi connectivity index (χ3v) is 2.65. The van der Waals surface area contributed by atoms with Gasteiger partial charge < -0.3 is 10.1 Å². The predicted molar refractivity (Wildman–Crippen MR) is 68.4 cm³/mol. The molecule has 0 saturated heterocycles. The highest BCUT2D eigenvalue weighted by atomic mass is 35.5. The van der Waals surface area contributed by atoms with Crippen LogP contribution in [0.1, 0.15) is 11.1 Å². The lowest BCUT2D eigenvalue weighted by Crippen LogP contribution is -2.24. The predicted octanol–water partition coefficient (Wildman–Crippen LogP) is 2.20. The monoisotopic (exact) mass is 259 g/mol. The zero-order valence-electron chi connectivity index (χ0n) is 9.21. The van der Waals surface area contributed by atoms with Gasteiger partial charge in [0.1, 0.15) is 5.75 Å². The Morgan fingerprint density at radius 1 is 1.56 bits per heavy atom. The van der Waals surface area contributed by atoms with Crippen LogP contribution in [0.2, 0.25) is 5.02 Å². The summed E-state index contributed by atoms with van der Waals surface area (Å²) in [5.41, 5.74) is 1.81. The average molecular weight is 260 g/mol. The van der Waals surface area contributed by atoms with Gasteiger partial charge >= 0.3 is 0 Å². The molecular formula is C11H14ClNO2S. The summed E-state index contributed by atoms with van der Waals surface area (Å²) in [4.78, 5) is 11.1. The molecule has 0 atom stereocenters. The first-order chi connectivity index (χ1) is 7.58. The molecule has 0 radical (unpaired) electrons. The molecule has 0 aliphatic heterocycles. The van der Waals surface area contributed by atoms with Crippen molar-refractivity contribution < 1.29 is 9.53 Å². The maximum absolute atomic E-state index is 11.1. The van der Waals surface area contributed by atoms with Gasteiger partial charge in [-0.25, -0.2) is 0 Å². The Kier molecular flexibility index (Phi) is 4.96. The Hall–Kier alpha value is -0.870. The smallest absolute Gasteiger partial charge is 0.229 e. The number of halogens is 1. The Labute approximate surface area is 106 Å². The summed E-state index contributed by atoms with van der Waals surface area (Å²) in [6.45, 7) is 2.30. The van der Waals surface area contributed by atoms with E-state index in [1.54, 1.807) is 13.2 Å². The Morgan fingerprint density at radius 2 is 2.25 bits per heavy atom. The van der Waals surface area contributed by atoms with Crippen molar-refractivity contribution in [3.8, 4) is 5.75 Å². The number of thiol groups is 1. The molecule has 3 nitrogen and oxygen atoms in total. The lowest BCUT2D eigenvalue weighted by molar-refractivity contribution is -0.118. The fourth-order valence-electron chi connectivity index (χ4n) is 1.47. The molecule has 16 heavy (non-hydrogen) atoms. The van der Waals surface area contributed by atoms with Gasteiger partial charge in [0.15, 0.2) is 0 Å². The second-order valence-electron chi connectivity index (χ2n) is 3.35. The van der Waals surface area contributed by atoms with Crippen molar-refractivity contribution in [1.82, 2.24) is 5.32 Å². The van der Waals surface area contributed by atoms with E-state index in [1.165, 1.54) is 0 Å². The summed E-state index contributed by atoms with van der Waals surface area (Å²) in [7, 11) is 1.60. The van der Waals surface area contributed by atoms with Gasteiger partial charge in [0.25, 0.3) is 0 Å². The zero-order valence-corrected chi connectivity index (χ0v) is 10.9. The van der Waals surface area contributed by atoms with E-state index in [-0.39, 0.29) is 11.7 Å². The zero-order chi connectivity index (χ0) is 12.1. The molecule has 1 rings (SSSR count). The van der Waals surface area contributed by atoms with Crippen molar-refractivity contribution in [1.29, 1.82) is 0 Å². The summed E-state index contributed by atoms with van der Waals surface area (Å²) in [5, 5.41) is 3.36. The Morgan fingerprint density at radius 3 is 2.81 bits per heavy atom. The first-order valence-electron chi connectivity index (χ1n) is 4.79. The fraction of sp³-hybridized carbons (Fsp3) is 0.364. The summed E-state index contributed by atoms with van der Waals surface area (Å²) in [6.07, 6.45) is 0. The quantitative estimate of drug-likeness (QED) is 0.814. The van der Waals surface area contributed by atoms with Crippen molar-refractivity contribution in [3.05, 3.63) is 28.3 Å². The maximum atomic E-state index is 11.1. The van der Waals surface area contributed by atoms with Crippen LogP contribution in [0.3, 0.4) is 0 Å². The lowest BCUT2D eigenvalue weighted by Gasteiger charge is -2.12. The number of carbonyl (C=O) groups excluding carboxylic acids is 1. The molecule has 0 fully saturated rings. The molecule has 0 bridgehead atoms. The number of benzene rings is 1. The van der Waals surface area contributed by atoms with Crippen molar-refractivity contribution in [2.75, 3.05) is 12.9 Å². The molecule has 0 heterocycles. The van der Waals surface area contributed by atoms with Crippen molar-refractivity contribution in [2.24, 2.45) is 0 Å². The molecule has 1 aromatic rings. The highest BCUT2D eigenvalue weighted by molar-refractivity contribution is 7.81. The largest absolute Gasteiger partial charge is 0.496 e. The number of carbonyl (C=O) groups is 1. The minimum absolute atomic E-state index is 0.122. The van der Waals surface area contributed by atoms with Crippen LogP contribution >= 0.6 is 24.2 Å². The normalized spacial score (nSPS) is 10.0. The van der Waals surface area contributed by atoms with E-state index in [2.05, 4.69) is 17.9 Å². The Balaban J connectivity index is 2.89. The number of hydrogen-bond donors (Lipinski definition) is 2. The molecule has 0 aliphatic carbocycles. The number of methoxy groups -OCH3 is 1. The molecule has 1 aromatic carbocycles. The number of ether oxygens (including phenoxy) is 1. The average Bonchev–Trinajstić information content (AvgIpc) is 2.25. The van der Waals surface area contributed by atoms with E-state index in [9.17, 15) is 4.79 Å². The summed E-state index contributed by atoms with van der Waals surface area (Å²) in [5.74, 6) is 0.800. The first kappa shape index (κ1) is 13.2. The van der Waals surface area contributed by atoms with E-state index in [0.717, 1.165) is 16.9 Å². The molecule has 5 heteroatoms. The van der Waals surface area contributed by atoms with Gasteiger partial charge in [0, 0.05) is 17.1 Å². The molecule has 0 aliphatic rings. The number of amides is 1. The Bertz CT molecular complexity index is 396. The molecule has 0 aromatic heterocycles. The summed E-state index contributed by atoms with van der Waals surface area (Å²) in [6, 6.07) is 3.61. The van der Waals surface area contributed by atoms with Crippen LogP contribution in [0.5, 0.6) is 5.75 Å². The van der Waals surface area contributed by atoms with Crippen LogP contribution in [-0.4, -0.2) is 18.8 Å². The van der Waals surface area contributed by atoms with E-state index < -0.39 is 0 Å². The van der Waals surface area contributed by atoms with Crippen molar-refractivity contribution in [2.45, 2.75) is 13.5 Å². The second kappa shape index (κ2) is 6.01. The van der Waals surface area contributed by atoms with Gasteiger partial charge in [-0.05, 0) is 24.6 Å². The van der Waals surface area contributed by atoms with Gasteiger partial charge in [-0.3, -0.25) is 4.79 Å². The van der Waals surface area contributed by atoms with E-state index in [0.29, 0.717) is 11.6 Å². The van der Waals surface area contributed by atoms with Gasteiger partial charge in [-0.15, -0.1) is 0 Å². The third-order valence-electron chi connectivity index (χ3n) is 2.14. The highest BCUT2D eigenvalue weighted by Gasteiger charge is 2.09. The number of aryl methyl sites for hydroxylation is 1. The van der Waals surface area contributed by atoms with Crippen LogP contribution in [-0.2, 0) is 11.3 Å². The lowest BCUT2D eigenvalue weighted by atomic mass is 10.1. The topological polar surface area (TPSA) is 38.3 Å². The van der Waals surface area contributed by atoms with Gasteiger partial charge in [0.2, 0.25) is 5.91 Å². The van der Waals surface area contributed by atoms with Crippen molar-refractivity contribution >= 4 is 30.1 Å². The minimum atomic E-state index is -0.122. The standard InChI is InChI=1S/C11H14ClNO2S/c1-7-3-9(12)4-8(11(7)15-2)5-13-10(14)6-16/h3-4,16H,5-6H2,1-2H3,(H,13,14). The van der Waals surface area contributed by atoms with E-state index in [4.69, 9.17) is 16.3 Å². The van der Waals surface area contributed by atoms with Crippen LogP contribution in [0, 0.1) is 6.92 Å². The summed E-state index contributed by atoms with van der Waals surface area (Å²) < 4.78 is 5.27. The van der Waals surface area contributed by atoms with Crippen LogP contribution in [0.4, 0.5) is 0 Å². The molecule has 0 saturated carbocycles. The van der Waals surface area contributed by atoms with Crippen LogP contribution < -0.4 is 10.1 Å². The molecule has 1 amide bonds. The van der Waals surface area contributed by atoms with E-state index in [1.807, 2.05) is 13.0 Å². The SMILES string of the molecule is COc1c(C)cc(Cl)cc1CNC(=O)CS. The fourth-order valence-corrected chi connectivity index (χ4v) is 1.88. The van der Waals surface area contributed by atoms with Crippen LogP contribution in [0.15, 0.2) is 12.1 Å². The molecule has 0 unspecified atom stereocenters. The van der Waals surface area contributed by atoms with Crippen molar-refractivity contribution in [3.63, 3.8) is 0 Å². The molecule has 1 N–H and O–H groups in total. The number of hydrogen-bond acceptors (Lipinski definition) is 3. The minimum Gasteiger partial charge on any atom is -0.496 e. The molecule has 88 valence electrons. The molecular weight excluding hydrogens is 246 g/mol. The third kappa shape index (κ3) is 3.32. The van der Waals surface area contributed by atoms with E-state index >= 15 is 0 Å². The van der Waals surface area contributed by atoms with Gasteiger partial charge in [-0.2, -0.15) is 12.6 Å². The summed E-state index contributed by atoms with van der Waals surface area (Å²) >= 11 is 9.83. The van der Waals surface area contributed by atoms with Gasteiger partial charge in [0.05, 0.1) is 12.9 Å². The number of rotatable bonds is 4. The van der Waals surface area contributed by atoms with Crippen LogP contribution in [0.25, 0.3) is 0 Å². The molecule has 0 spiro atoms. The highest BCUT2D eigenvalue weighted by Crippen LogP contribution is 2.27. The van der Waals surface area contributed by atoms with Gasteiger partial charge in [-0.1, -0.05) is 11.6 Å². The first-order valence-corrected chi connectivity index (χ1v) is 5.80.